The minimum atomic E-state index is -0.506. The molecule has 4 rings (SSSR count). The normalized spacial score (nSPS) is 14.5. The second-order valence-electron chi connectivity index (χ2n) is 7.16. The number of amides is 1. The van der Waals surface area contributed by atoms with Gasteiger partial charge in [0.25, 0.3) is 11.1 Å². The Morgan fingerprint density at radius 3 is 2.76 bits per heavy atom. The van der Waals surface area contributed by atoms with Gasteiger partial charge in [-0.2, -0.15) is 0 Å². The number of fused-ring (bicyclic) bond motifs is 1. The first-order chi connectivity index (χ1) is 14.1. The molecule has 0 spiro atoms. The van der Waals surface area contributed by atoms with E-state index in [9.17, 15) is 9.59 Å². The lowest BCUT2D eigenvalue weighted by Crippen LogP contribution is -2.37. The van der Waals surface area contributed by atoms with Crippen molar-refractivity contribution in [2.45, 2.75) is 36.8 Å². The first kappa shape index (κ1) is 19.5. The predicted octanol–water partition coefficient (Wildman–Crippen LogP) is 4.19. The van der Waals surface area contributed by atoms with E-state index in [1.807, 2.05) is 43.3 Å². The molecular weight excluding hydrogens is 388 g/mol. The number of rotatable bonds is 8. The summed E-state index contributed by atoms with van der Waals surface area (Å²) in [6.45, 7) is 1.71. The number of thioether (sulfide) groups is 1. The van der Waals surface area contributed by atoms with Gasteiger partial charge in [-0.25, -0.2) is 9.78 Å². The van der Waals surface area contributed by atoms with Gasteiger partial charge in [0.05, 0.1) is 5.56 Å². The molecular formula is C22H22N2O4S. The maximum absolute atomic E-state index is 12.5. The molecule has 150 valence electrons. The molecule has 29 heavy (non-hydrogen) atoms. The zero-order valence-electron chi connectivity index (χ0n) is 16.1. The number of carbonyl (C=O) groups is 2. The summed E-state index contributed by atoms with van der Waals surface area (Å²) in [7, 11) is 0. The summed E-state index contributed by atoms with van der Waals surface area (Å²) in [6.07, 6.45) is 2.29. The Kier molecular flexibility index (Phi) is 5.85. The van der Waals surface area contributed by atoms with Crippen molar-refractivity contribution in [1.82, 2.24) is 10.3 Å². The van der Waals surface area contributed by atoms with Gasteiger partial charge in [-0.1, -0.05) is 42.1 Å². The number of aromatic nitrogens is 1. The van der Waals surface area contributed by atoms with Crippen LogP contribution in [0.3, 0.4) is 0 Å². The van der Waals surface area contributed by atoms with Crippen LogP contribution in [0.25, 0.3) is 11.1 Å². The summed E-state index contributed by atoms with van der Waals surface area (Å²) < 4.78 is 10.9. The predicted molar refractivity (Wildman–Crippen MR) is 111 cm³/mol. The van der Waals surface area contributed by atoms with Crippen LogP contribution < -0.4 is 5.32 Å². The number of carbonyl (C=O) groups excluding carboxylic acids is 2. The summed E-state index contributed by atoms with van der Waals surface area (Å²) in [5.74, 6) is 0.284. The van der Waals surface area contributed by atoms with E-state index in [4.69, 9.17) is 9.15 Å². The molecule has 3 aromatic rings. The first-order valence-electron chi connectivity index (χ1n) is 9.63. The molecule has 1 heterocycles. The maximum Gasteiger partial charge on any atom is 0.338 e. The molecule has 0 aliphatic heterocycles. The number of para-hydroxylation sites is 2. The summed E-state index contributed by atoms with van der Waals surface area (Å²) in [5.41, 5.74) is 2.78. The molecule has 6 nitrogen and oxygen atoms in total. The highest BCUT2D eigenvalue weighted by Gasteiger charge is 2.29. The van der Waals surface area contributed by atoms with Crippen molar-refractivity contribution < 1.29 is 18.7 Å². The van der Waals surface area contributed by atoms with E-state index < -0.39 is 5.97 Å². The molecule has 0 bridgehead atoms. The van der Waals surface area contributed by atoms with Crippen LogP contribution in [0, 0.1) is 5.92 Å². The standard InChI is InChI=1S/C22H22N2O4S/c1-14(15-10-11-15)23-20(25)12-27-21(26)17-7-3-2-6-16(17)13-29-22-24-18-8-4-5-9-19(18)28-22/h2-9,14-15H,10-13H2,1H3,(H,23,25)/t14-/m1/s1. The third-order valence-corrected chi connectivity index (χ3v) is 5.79. The molecule has 1 aromatic heterocycles. The van der Waals surface area contributed by atoms with Crippen LogP contribution in [-0.4, -0.2) is 29.5 Å². The Balaban J connectivity index is 1.35. The number of hydrogen-bond acceptors (Lipinski definition) is 6. The molecule has 1 aliphatic rings. The van der Waals surface area contributed by atoms with Gasteiger partial charge in [0.1, 0.15) is 5.52 Å². The summed E-state index contributed by atoms with van der Waals surface area (Å²) in [4.78, 5) is 28.9. The highest BCUT2D eigenvalue weighted by atomic mass is 32.2. The topological polar surface area (TPSA) is 81.4 Å². The number of ether oxygens (including phenoxy) is 1. The summed E-state index contributed by atoms with van der Waals surface area (Å²) >= 11 is 1.41. The van der Waals surface area contributed by atoms with Crippen molar-refractivity contribution >= 4 is 34.7 Å². The molecule has 1 aliphatic carbocycles. The van der Waals surface area contributed by atoms with Gasteiger partial charge in [-0.3, -0.25) is 4.79 Å². The Bertz CT molecular complexity index is 995. The Morgan fingerprint density at radius 1 is 1.21 bits per heavy atom. The maximum atomic E-state index is 12.5. The Morgan fingerprint density at radius 2 is 1.97 bits per heavy atom. The number of hydrogen-bond donors (Lipinski definition) is 1. The zero-order valence-corrected chi connectivity index (χ0v) is 16.9. The molecule has 1 atom stereocenters. The molecule has 1 saturated carbocycles. The molecule has 2 aromatic carbocycles. The van der Waals surface area contributed by atoms with E-state index in [0.29, 0.717) is 22.5 Å². The van der Waals surface area contributed by atoms with E-state index in [-0.39, 0.29) is 18.6 Å². The molecule has 7 heteroatoms. The van der Waals surface area contributed by atoms with Gasteiger partial charge in [-0.15, -0.1) is 0 Å². The number of oxazole rings is 1. The van der Waals surface area contributed by atoms with Gasteiger partial charge < -0.3 is 14.5 Å². The fraction of sp³-hybridized carbons (Fsp3) is 0.318. The average Bonchev–Trinajstić information content (AvgIpc) is 3.50. The lowest BCUT2D eigenvalue weighted by molar-refractivity contribution is -0.124. The smallest absolute Gasteiger partial charge is 0.338 e. The van der Waals surface area contributed by atoms with Crippen molar-refractivity contribution in [2.75, 3.05) is 6.61 Å². The molecule has 0 saturated heterocycles. The van der Waals surface area contributed by atoms with Gasteiger partial charge in [0, 0.05) is 11.8 Å². The van der Waals surface area contributed by atoms with Crippen LogP contribution in [0.15, 0.2) is 58.2 Å². The van der Waals surface area contributed by atoms with Crippen molar-refractivity contribution in [3.05, 3.63) is 59.7 Å². The fourth-order valence-electron chi connectivity index (χ4n) is 3.12. The SMILES string of the molecule is C[C@@H](NC(=O)COC(=O)c1ccccc1CSc1nc2ccccc2o1)C1CC1. The average molecular weight is 410 g/mol. The number of esters is 1. The van der Waals surface area contributed by atoms with Crippen LogP contribution in [0.4, 0.5) is 0 Å². The Hall–Kier alpha value is -2.80. The van der Waals surface area contributed by atoms with Gasteiger partial charge in [0.15, 0.2) is 12.2 Å². The third-order valence-electron chi connectivity index (χ3n) is 4.91. The second-order valence-corrected chi connectivity index (χ2v) is 8.09. The third kappa shape index (κ3) is 4.98. The van der Waals surface area contributed by atoms with Crippen molar-refractivity contribution in [2.24, 2.45) is 5.92 Å². The zero-order chi connectivity index (χ0) is 20.2. The van der Waals surface area contributed by atoms with Crippen LogP contribution in [0.5, 0.6) is 0 Å². The lowest BCUT2D eigenvalue weighted by atomic mass is 10.1. The van der Waals surface area contributed by atoms with Crippen molar-refractivity contribution in [1.29, 1.82) is 0 Å². The highest BCUT2D eigenvalue weighted by molar-refractivity contribution is 7.98. The van der Waals surface area contributed by atoms with E-state index in [0.717, 1.165) is 29.5 Å². The quantitative estimate of drug-likeness (QED) is 0.443. The largest absolute Gasteiger partial charge is 0.452 e. The molecule has 0 unspecified atom stereocenters. The van der Waals surface area contributed by atoms with Gasteiger partial charge in [-0.05, 0) is 49.4 Å². The molecule has 1 fully saturated rings. The Labute approximate surface area is 173 Å². The number of benzene rings is 2. The number of nitrogens with zero attached hydrogens (tertiary/aromatic N) is 1. The van der Waals surface area contributed by atoms with Gasteiger partial charge in [0.2, 0.25) is 0 Å². The van der Waals surface area contributed by atoms with Crippen LogP contribution >= 0.6 is 11.8 Å². The fourth-order valence-corrected chi connectivity index (χ4v) is 3.96. The van der Waals surface area contributed by atoms with E-state index >= 15 is 0 Å². The van der Waals surface area contributed by atoms with Crippen molar-refractivity contribution in [3.8, 4) is 0 Å². The minimum Gasteiger partial charge on any atom is -0.452 e. The lowest BCUT2D eigenvalue weighted by Gasteiger charge is -2.13. The van der Waals surface area contributed by atoms with E-state index in [2.05, 4.69) is 10.3 Å². The van der Waals surface area contributed by atoms with Crippen LogP contribution in [-0.2, 0) is 15.3 Å². The number of nitrogens with one attached hydrogen (secondary N) is 1. The van der Waals surface area contributed by atoms with Crippen molar-refractivity contribution in [3.63, 3.8) is 0 Å². The van der Waals surface area contributed by atoms with Crippen LogP contribution in [0.1, 0.15) is 35.7 Å². The second kappa shape index (κ2) is 8.69. The molecule has 0 radical (unpaired) electrons. The highest BCUT2D eigenvalue weighted by Crippen LogP contribution is 2.32. The monoisotopic (exact) mass is 410 g/mol. The van der Waals surface area contributed by atoms with E-state index in [1.54, 1.807) is 12.1 Å². The van der Waals surface area contributed by atoms with E-state index in [1.165, 1.54) is 11.8 Å². The molecule has 1 N–H and O–H groups in total. The first-order valence-corrected chi connectivity index (χ1v) is 10.6. The minimum absolute atomic E-state index is 0.126. The summed E-state index contributed by atoms with van der Waals surface area (Å²) in [6, 6.07) is 14.9. The van der Waals surface area contributed by atoms with Gasteiger partial charge >= 0.3 is 5.97 Å². The molecule has 1 amide bonds. The van der Waals surface area contributed by atoms with Crippen LogP contribution in [0.2, 0.25) is 0 Å². The summed E-state index contributed by atoms with van der Waals surface area (Å²) in [5, 5.41) is 3.43.